The Labute approximate surface area is 127 Å². The average molecular weight is 312 g/mol. The van der Waals surface area contributed by atoms with Gasteiger partial charge in [0.25, 0.3) is 5.92 Å². The number of rotatable bonds is 3. The molecule has 120 valence electrons. The first-order valence-corrected chi connectivity index (χ1v) is 7.40. The number of aliphatic carboxylic acids is 1. The van der Waals surface area contributed by atoms with Crippen LogP contribution in [0.3, 0.4) is 0 Å². The Morgan fingerprint density at radius 3 is 2.50 bits per heavy atom. The molecule has 0 saturated heterocycles. The van der Waals surface area contributed by atoms with E-state index in [-0.39, 0.29) is 18.1 Å². The van der Waals surface area contributed by atoms with Crippen molar-refractivity contribution >= 4 is 5.97 Å². The topological polar surface area (TPSA) is 55.8 Å². The van der Waals surface area contributed by atoms with Crippen LogP contribution < -0.4 is 9.47 Å². The maximum absolute atomic E-state index is 13.8. The Kier molecular flexibility index (Phi) is 3.50. The monoisotopic (exact) mass is 312 g/mol. The number of hydrogen-bond donors (Lipinski definition) is 1. The maximum atomic E-state index is 13.8. The Morgan fingerprint density at radius 2 is 1.91 bits per heavy atom. The van der Waals surface area contributed by atoms with Crippen LogP contribution in [0.4, 0.5) is 8.78 Å². The molecule has 0 unspecified atom stereocenters. The van der Waals surface area contributed by atoms with Crippen LogP contribution in [0.25, 0.3) is 0 Å². The van der Waals surface area contributed by atoms with Crippen molar-refractivity contribution < 1.29 is 28.2 Å². The van der Waals surface area contributed by atoms with Gasteiger partial charge in [-0.15, -0.1) is 0 Å². The summed E-state index contributed by atoms with van der Waals surface area (Å²) in [5.74, 6) is -3.54. The maximum Gasteiger partial charge on any atom is 0.314 e. The van der Waals surface area contributed by atoms with E-state index in [0.717, 1.165) is 26.2 Å². The van der Waals surface area contributed by atoms with Crippen molar-refractivity contribution in [1.29, 1.82) is 0 Å². The van der Waals surface area contributed by atoms with Gasteiger partial charge in [-0.2, -0.15) is 0 Å². The zero-order valence-corrected chi connectivity index (χ0v) is 12.3. The minimum absolute atomic E-state index is 0.0726. The summed E-state index contributed by atoms with van der Waals surface area (Å²) in [5.41, 5.74) is -1.08. The zero-order chi connectivity index (χ0) is 16.0. The van der Waals surface area contributed by atoms with E-state index in [1.807, 2.05) is 0 Å². The van der Waals surface area contributed by atoms with E-state index in [2.05, 4.69) is 0 Å². The van der Waals surface area contributed by atoms with Gasteiger partial charge in [-0.05, 0) is 25.0 Å². The number of halogens is 2. The first-order valence-electron chi connectivity index (χ1n) is 7.40. The lowest BCUT2D eigenvalue weighted by atomic mass is 9.68. The van der Waals surface area contributed by atoms with E-state index >= 15 is 0 Å². The van der Waals surface area contributed by atoms with Gasteiger partial charge in [0.05, 0.1) is 5.41 Å². The minimum atomic E-state index is -3.07. The van der Waals surface area contributed by atoms with Crippen LogP contribution in [0, 0.1) is 0 Å². The van der Waals surface area contributed by atoms with E-state index in [1.54, 1.807) is 0 Å². The van der Waals surface area contributed by atoms with Crippen molar-refractivity contribution in [2.45, 2.75) is 50.4 Å². The summed E-state index contributed by atoms with van der Waals surface area (Å²) in [4.78, 5) is 12.0. The summed E-state index contributed by atoms with van der Waals surface area (Å²) < 4.78 is 38.1. The summed E-state index contributed by atoms with van der Waals surface area (Å²) in [6, 6.07) is 2.52. The molecule has 3 rings (SSSR count). The number of alkyl halides is 2. The fraction of sp³-hybridized carbons (Fsp3) is 0.562. The van der Waals surface area contributed by atoms with Gasteiger partial charge in [-0.25, -0.2) is 8.78 Å². The van der Waals surface area contributed by atoms with E-state index in [4.69, 9.17) is 9.47 Å². The van der Waals surface area contributed by atoms with Crippen LogP contribution in [-0.4, -0.2) is 17.9 Å². The zero-order valence-electron chi connectivity index (χ0n) is 12.3. The summed E-state index contributed by atoms with van der Waals surface area (Å²) in [5, 5.41) is 9.78. The molecule has 0 amide bonds. The highest BCUT2D eigenvalue weighted by Crippen LogP contribution is 2.50. The highest BCUT2D eigenvalue weighted by atomic mass is 19.3. The van der Waals surface area contributed by atoms with Crippen LogP contribution in [-0.2, 0) is 16.1 Å². The third kappa shape index (κ3) is 2.30. The number of benzene rings is 1. The molecule has 1 N–H and O–H groups in total. The second-order valence-corrected chi connectivity index (χ2v) is 6.09. The molecule has 1 saturated carbocycles. The van der Waals surface area contributed by atoms with Crippen molar-refractivity contribution in [2.24, 2.45) is 0 Å². The first kappa shape index (κ1) is 15.1. The standard InChI is InChI=1S/C16H18F2O4/c1-15(17,18)10-7-11(13-12(8-10)21-9-22-13)16(14(19)20)5-3-2-4-6-16/h7-8H,2-6,9H2,1H3,(H,19,20). The molecule has 1 aliphatic heterocycles. The number of ether oxygens (including phenoxy) is 2. The Balaban J connectivity index is 2.20. The minimum Gasteiger partial charge on any atom is -0.481 e. The van der Waals surface area contributed by atoms with Crippen LogP contribution in [0.1, 0.15) is 50.2 Å². The molecule has 22 heavy (non-hydrogen) atoms. The molecule has 1 aliphatic carbocycles. The van der Waals surface area contributed by atoms with Gasteiger partial charge in [0.1, 0.15) is 0 Å². The third-order valence-electron chi connectivity index (χ3n) is 4.61. The van der Waals surface area contributed by atoms with Crippen molar-refractivity contribution in [1.82, 2.24) is 0 Å². The normalized spacial score (nSPS) is 20.0. The Hall–Kier alpha value is -1.85. The Morgan fingerprint density at radius 1 is 1.23 bits per heavy atom. The fourth-order valence-electron chi connectivity index (χ4n) is 3.37. The lowest BCUT2D eigenvalue weighted by Gasteiger charge is -2.34. The summed E-state index contributed by atoms with van der Waals surface area (Å²) in [6.07, 6.45) is 3.33. The molecule has 0 radical (unpaired) electrons. The van der Waals surface area contributed by atoms with Crippen LogP contribution in [0.5, 0.6) is 11.5 Å². The van der Waals surface area contributed by atoms with Gasteiger partial charge in [0.2, 0.25) is 6.79 Å². The summed E-state index contributed by atoms with van der Waals surface area (Å²) in [7, 11) is 0. The predicted molar refractivity (Wildman–Crippen MR) is 74.5 cm³/mol. The van der Waals surface area contributed by atoms with E-state index < -0.39 is 17.3 Å². The molecule has 1 heterocycles. The van der Waals surface area contributed by atoms with Gasteiger partial charge in [-0.3, -0.25) is 4.79 Å². The summed E-state index contributed by atoms with van der Waals surface area (Å²) in [6.45, 7) is 0.722. The molecule has 1 aromatic rings. The number of carboxylic acid groups (broad SMARTS) is 1. The molecule has 0 spiro atoms. The van der Waals surface area contributed by atoms with Gasteiger partial charge in [0, 0.05) is 18.1 Å². The largest absolute Gasteiger partial charge is 0.481 e. The number of carboxylic acids is 1. The predicted octanol–water partition coefficient (Wildman–Crippen LogP) is 3.81. The average Bonchev–Trinajstić information content (AvgIpc) is 2.94. The molecule has 4 nitrogen and oxygen atoms in total. The molecule has 0 aromatic heterocycles. The highest BCUT2D eigenvalue weighted by Gasteiger charge is 2.46. The smallest absolute Gasteiger partial charge is 0.314 e. The molecule has 1 fully saturated rings. The second kappa shape index (κ2) is 5.11. The number of fused-ring (bicyclic) bond motifs is 1. The van der Waals surface area contributed by atoms with Gasteiger partial charge >= 0.3 is 5.97 Å². The van der Waals surface area contributed by atoms with Crippen molar-refractivity contribution in [2.75, 3.05) is 6.79 Å². The second-order valence-electron chi connectivity index (χ2n) is 6.09. The molecule has 6 heteroatoms. The van der Waals surface area contributed by atoms with Crippen LogP contribution in [0.2, 0.25) is 0 Å². The number of hydrogen-bond acceptors (Lipinski definition) is 3. The molecule has 0 atom stereocenters. The van der Waals surface area contributed by atoms with Crippen molar-refractivity contribution in [3.8, 4) is 11.5 Å². The Bertz CT molecular complexity index is 601. The first-order chi connectivity index (χ1) is 10.3. The third-order valence-corrected chi connectivity index (χ3v) is 4.61. The molecular formula is C16H18F2O4. The van der Waals surface area contributed by atoms with Crippen molar-refractivity contribution in [3.63, 3.8) is 0 Å². The van der Waals surface area contributed by atoms with Crippen LogP contribution >= 0.6 is 0 Å². The molecule has 0 bridgehead atoms. The van der Waals surface area contributed by atoms with Gasteiger partial charge in [0.15, 0.2) is 11.5 Å². The lowest BCUT2D eigenvalue weighted by molar-refractivity contribution is -0.145. The summed E-state index contributed by atoms with van der Waals surface area (Å²) >= 11 is 0. The highest BCUT2D eigenvalue weighted by molar-refractivity contribution is 5.83. The fourth-order valence-corrected chi connectivity index (χ4v) is 3.37. The van der Waals surface area contributed by atoms with Crippen LogP contribution in [0.15, 0.2) is 12.1 Å². The van der Waals surface area contributed by atoms with E-state index in [0.29, 0.717) is 24.2 Å². The van der Waals surface area contributed by atoms with Crippen molar-refractivity contribution in [3.05, 3.63) is 23.3 Å². The van der Waals surface area contributed by atoms with E-state index in [9.17, 15) is 18.7 Å². The van der Waals surface area contributed by atoms with Gasteiger partial charge < -0.3 is 14.6 Å². The van der Waals surface area contributed by atoms with E-state index in [1.165, 1.54) is 12.1 Å². The van der Waals surface area contributed by atoms with Gasteiger partial charge in [-0.1, -0.05) is 19.3 Å². The lowest BCUT2D eigenvalue weighted by Crippen LogP contribution is -2.38. The number of carbonyl (C=O) groups is 1. The molecule has 2 aliphatic rings. The molecule has 1 aromatic carbocycles. The quantitative estimate of drug-likeness (QED) is 0.922. The SMILES string of the molecule is CC(F)(F)c1cc2c(c(C3(C(=O)O)CCCCC3)c1)OCO2. The molecular weight excluding hydrogens is 294 g/mol.